The lowest BCUT2D eigenvalue weighted by atomic mass is 10.0. The van der Waals surface area contributed by atoms with Gasteiger partial charge in [-0.3, -0.25) is 0 Å². The van der Waals surface area contributed by atoms with Gasteiger partial charge in [-0.15, -0.1) is 5.10 Å². The minimum atomic E-state index is -0.462. The third-order valence-corrected chi connectivity index (χ3v) is 6.49. The van der Waals surface area contributed by atoms with Crippen molar-refractivity contribution in [3.63, 3.8) is 0 Å². The largest absolute Gasteiger partial charge is 0.461 e. The van der Waals surface area contributed by atoms with E-state index < -0.39 is 12.0 Å². The Hall–Kier alpha value is -3.23. The molecule has 0 aliphatic heterocycles. The third-order valence-electron chi connectivity index (χ3n) is 6.25. The topological polar surface area (TPSA) is 97.7 Å². The van der Waals surface area contributed by atoms with Crippen molar-refractivity contribution in [2.45, 2.75) is 58.9 Å². The van der Waals surface area contributed by atoms with Crippen molar-refractivity contribution in [1.82, 2.24) is 30.5 Å². The molecule has 36 heavy (non-hydrogen) atoms. The molecule has 0 bridgehead atoms. The van der Waals surface area contributed by atoms with E-state index in [1.165, 1.54) is 5.56 Å². The van der Waals surface area contributed by atoms with Crippen LogP contribution in [0.4, 0.5) is 0 Å². The first-order chi connectivity index (χ1) is 17.4. The number of unbranched alkanes of at least 4 members (excludes halogenated alkanes) is 2. The van der Waals surface area contributed by atoms with Gasteiger partial charge < -0.3 is 15.0 Å². The SMILES string of the molecule is CCCCCNC(c1c(C(=O)OCC)[nH]c2cc(Cl)ccc12)c1nnnn1-c1ccc(C(C)C)cc1. The van der Waals surface area contributed by atoms with Crippen molar-refractivity contribution in [2.75, 3.05) is 13.2 Å². The molecule has 0 amide bonds. The van der Waals surface area contributed by atoms with Crippen molar-refractivity contribution in [3.8, 4) is 5.69 Å². The molecule has 1 atom stereocenters. The Labute approximate surface area is 216 Å². The number of ether oxygens (including phenoxy) is 1. The van der Waals surface area contributed by atoms with Gasteiger partial charge in [0.25, 0.3) is 0 Å². The molecular weight excluding hydrogens is 476 g/mol. The number of nitrogens with zero attached hydrogens (tertiary/aromatic N) is 4. The minimum absolute atomic E-state index is 0.267. The Morgan fingerprint density at radius 3 is 2.61 bits per heavy atom. The Balaban J connectivity index is 1.85. The highest BCUT2D eigenvalue weighted by molar-refractivity contribution is 6.31. The highest BCUT2D eigenvalue weighted by Crippen LogP contribution is 2.34. The summed E-state index contributed by atoms with van der Waals surface area (Å²) in [6.07, 6.45) is 3.18. The summed E-state index contributed by atoms with van der Waals surface area (Å²) >= 11 is 6.27. The fourth-order valence-corrected chi connectivity index (χ4v) is 4.53. The van der Waals surface area contributed by atoms with Crippen LogP contribution in [0.1, 0.15) is 86.4 Å². The molecule has 2 N–H and O–H groups in total. The zero-order valence-electron chi connectivity index (χ0n) is 21.2. The molecule has 190 valence electrons. The fourth-order valence-electron chi connectivity index (χ4n) is 4.36. The molecule has 0 saturated heterocycles. The molecule has 0 saturated carbocycles. The summed E-state index contributed by atoms with van der Waals surface area (Å²) in [6.45, 7) is 9.28. The maximum Gasteiger partial charge on any atom is 0.355 e. The van der Waals surface area contributed by atoms with Crippen molar-refractivity contribution >= 4 is 28.5 Å². The molecule has 1 unspecified atom stereocenters. The number of hydrogen-bond donors (Lipinski definition) is 2. The molecule has 0 aliphatic carbocycles. The van der Waals surface area contributed by atoms with Gasteiger partial charge in [0, 0.05) is 21.5 Å². The second-order valence-corrected chi connectivity index (χ2v) is 9.55. The van der Waals surface area contributed by atoms with Gasteiger partial charge in [0.15, 0.2) is 5.82 Å². The predicted octanol–water partition coefficient (Wildman–Crippen LogP) is 5.97. The van der Waals surface area contributed by atoms with Gasteiger partial charge in [-0.2, -0.15) is 4.68 Å². The van der Waals surface area contributed by atoms with Crippen LogP contribution in [0.3, 0.4) is 0 Å². The number of benzene rings is 2. The molecule has 4 aromatic rings. The van der Waals surface area contributed by atoms with Crippen LogP contribution in [0, 0.1) is 0 Å². The zero-order valence-corrected chi connectivity index (χ0v) is 22.0. The van der Waals surface area contributed by atoms with E-state index in [0.717, 1.165) is 48.0 Å². The second kappa shape index (κ2) is 11.7. The number of esters is 1. The molecule has 0 aliphatic rings. The smallest absolute Gasteiger partial charge is 0.355 e. The lowest BCUT2D eigenvalue weighted by Crippen LogP contribution is -2.28. The number of aromatic amines is 1. The van der Waals surface area contributed by atoms with Gasteiger partial charge in [-0.25, -0.2) is 4.79 Å². The number of aromatic nitrogens is 5. The van der Waals surface area contributed by atoms with Crippen molar-refractivity contribution in [1.29, 1.82) is 0 Å². The van der Waals surface area contributed by atoms with E-state index in [4.69, 9.17) is 16.3 Å². The molecule has 9 heteroatoms. The number of tetrazole rings is 1. The van der Waals surface area contributed by atoms with Crippen LogP contribution in [-0.4, -0.2) is 44.3 Å². The van der Waals surface area contributed by atoms with Crippen LogP contribution >= 0.6 is 11.6 Å². The first-order valence-corrected chi connectivity index (χ1v) is 12.9. The van der Waals surface area contributed by atoms with Crippen molar-refractivity contribution in [2.24, 2.45) is 0 Å². The summed E-state index contributed by atoms with van der Waals surface area (Å²) < 4.78 is 7.13. The summed E-state index contributed by atoms with van der Waals surface area (Å²) in [4.78, 5) is 16.3. The maximum atomic E-state index is 13.1. The third kappa shape index (κ3) is 5.44. The number of rotatable bonds is 11. The highest BCUT2D eigenvalue weighted by atomic mass is 35.5. The number of hydrogen-bond acceptors (Lipinski definition) is 6. The quantitative estimate of drug-likeness (QED) is 0.191. The standard InChI is InChI=1S/C27H33ClN6O2/c1-5-7-8-15-29-24(26-31-32-33-34(26)20-12-9-18(10-13-20)17(3)4)23-21-14-11-19(28)16-22(21)30-25(23)27(35)36-6-2/h9-14,16-17,24,29-30H,5-8,15H2,1-4H3. The van der Waals surface area contributed by atoms with Crippen LogP contribution in [-0.2, 0) is 4.74 Å². The Morgan fingerprint density at radius 2 is 1.92 bits per heavy atom. The van der Waals surface area contributed by atoms with Gasteiger partial charge in [-0.05, 0) is 66.1 Å². The highest BCUT2D eigenvalue weighted by Gasteiger charge is 2.30. The van der Waals surface area contributed by atoms with Crippen LogP contribution in [0.5, 0.6) is 0 Å². The van der Waals surface area contributed by atoms with Gasteiger partial charge in [0.2, 0.25) is 0 Å². The van der Waals surface area contributed by atoms with Crippen LogP contribution in [0.2, 0.25) is 5.02 Å². The zero-order chi connectivity index (χ0) is 25.7. The second-order valence-electron chi connectivity index (χ2n) is 9.11. The van der Waals surface area contributed by atoms with E-state index in [9.17, 15) is 4.79 Å². The van der Waals surface area contributed by atoms with E-state index in [1.54, 1.807) is 11.6 Å². The minimum Gasteiger partial charge on any atom is -0.461 e. The number of H-pyrrole nitrogens is 1. The van der Waals surface area contributed by atoms with Crippen LogP contribution in [0.25, 0.3) is 16.6 Å². The molecule has 0 radical (unpaired) electrons. The van der Waals surface area contributed by atoms with E-state index in [-0.39, 0.29) is 6.61 Å². The summed E-state index contributed by atoms with van der Waals surface area (Å²) in [6, 6.07) is 13.3. The average Bonchev–Trinajstić information content (AvgIpc) is 3.49. The maximum absolute atomic E-state index is 13.1. The van der Waals surface area contributed by atoms with Gasteiger partial charge in [0.1, 0.15) is 5.69 Å². The number of fused-ring (bicyclic) bond motifs is 1. The van der Waals surface area contributed by atoms with Crippen LogP contribution in [0.15, 0.2) is 42.5 Å². The predicted molar refractivity (Wildman–Crippen MR) is 142 cm³/mol. The van der Waals surface area contributed by atoms with E-state index in [0.29, 0.717) is 22.5 Å². The summed E-state index contributed by atoms with van der Waals surface area (Å²) in [5.74, 6) is 0.580. The number of carbonyl (C=O) groups is 1. The average molecular weight is 509 g/mol. The van der Waals surface area contributed by atoms with Crippen molar-refractivity contribution in [3.05, 3.63) is 70.1 Å². The monoisotopic (exact) mass is 508 g/mol. The summed E-state index contributed by atoms with van der Waals surface area (Å²) in [5.41, 5.74) is 3.94. The molecule has 0 spiro atoms. The lowest BCUT2D eigenvalue weighted by molar-refractivity contribution is 0.0518. The van der Waals surface area contributed by atoms with Gasteiger partial charge in [-0.1, -0.05) is 63.4 Å². The molecule has 0 fully saturated rings. The van der Waals surface area contributed by atoms with E-state index in [2.05, 4.69) is 58.7 Å². The van der Waals surface area contributed by atoms with Gasteiger partial charge in [0.05, 0.1) is 18.3 Å². The number of nitrogens with one attached hydrogen (secondary N) is 2. The van der Waals surface area contributed by atoms with Crippen molar-refractivity contribution < 1.29 is 9.53 Å². The lowest BCUT2D eigenvalue weighted by Gasteiger charge is -2.20. The molecule has 8 nitrogen and oxygen atoms in total. The normalized spacial score (nSPS) is 12.4. The molecule has 2 aromatic heterocycles. The van der Waals surface area contributed by atoms with Crippen LogP contribution < -0.4 is 5.32 Å². The number of halogens is 1. The van der Waals surface area contributed by atoms with Gasteiger partial charge >= 0.3 is 5.97 Å². The molecule has 4 rings (SSSR count). The van der Waals surface area contributed by atoms with E-state index in [1.807, 2.05) is 30.3 Å². The van der Waals surface area contributed by atoms with E-state index >= 15 is 0 Å². The Morgan fingerprint density at radius 1 is 1.14 bits per heavy atom. The number of carbonyl (C=O) groups excluding carboxylic acids is 1. The first-order valence-electron chi connectivity index (χ1n) is 12.5. The Kier molecular flexibility index (Phi) is 8.38. The molecule has 2 aromatic carbocycles. The molecular formula is C27H33ClN6O2. The molecule has 2 heterocycles. The summed E-state index contributed by atoms with van der Waals surface area (Å²) in [7, 11) is 0. The fraction of sp³-hybridized carbons (Fsp3) is 0.407. The first kappa shape index (κ1) is 25.9. The Bertz CT molecular complexity index is 1310. The summed E-state index contributed by atoms with van der Waals surface area (Å²) in [5, 5.41) is 17.8.